The van der Waals surface area contributed by atoms with E-state index in [1.807, 2.05) is 12.3 Å². The Morgan fingerprint density at radius 1 is 0.407 bits per heavy atom. The maximum absolute atomic E-state index is 5.11. The Hall–Kier alpha value is -9.36. The maximum Gasteiger partial charge on any atom is 0.409 e. The van der Waals surface area contributed by atoms with E-state index < -0.39 is 0 Å². The average Bonchev–Trinajstić information content (AvgIpc) is 4.33. The number of para-hydroxylation sites is 7. The van der Waals surface area contributed by atoms with E-state index in [-0.39, 0.29) is 35.0 Å². The summed E-state index contributed by atoms with van der Waals surface area (Å²) in [6.07, 6.45) is 5.82. The fourth-order valence-electron chi connectivity index (χ4n) is 12.8. The van der Waals surface area contributed by atoms with Crippen molar-refractivity contribution in [2.24, 2.45) is 0 Å². The summed E-state index contributed by atoms with van der Waals surface area (Å²) in [5.74, 6) is 0.837. The standard InChI is InChI=1S/C70H52B2N8.Pt/c1-48-23-20-24-49(2)68(48)71-77(53-29-10-6-11-30-53)62-42-40-55(74-47-75(61-37-17-16-36-60(61)74)64-38-22-34-58-57-33-14-15-35-59(57)76(70(58)64)52-27-8-5-9-28-52)45-65(62)79(71)56-41-43-63-66(46-56)80(67-39-18-19-44-73-67)72(69-50(3)25-21-26-51(69)4)78(63)54-31-12-7-13-32-54;/h5-44H,1-4H3;/q-2;. The number of aromatic nitrogens is 4. The molecule has 81 heavy (non-hydrogen) atoms. The summed E-state index contributed by atoms with van der Waals surface area (Å²) >= 11 is 0. The minimum atomic E-state index is -0.327. The third kappa shape index (κ3) is 7.95. The van der Waals surface area contributed by atoms with Crippen LogP contribution in [0.25, 0.3) is 49.9 Å². The Labute approximate surface area is 487 Å². The van der Waals surface area contributed by atoms with Gasteiger partial charge in [0, 0.05) is 55.1 Å². The minimum absolute atomic E-state index is 0. The summed E-state index contributed by atoms with van der Waals surface area (Å²) in [7, 11) is 0. The van der Waals surface area contributed by atoms with E-state index in [0.717, 1.165) is 84.8 Å². The molecular weight excluding hydrogens is 1170 g/mol. The third-order valence-corrected chi connectivity index (χ3v) is 16.3. The Balaban J connectivity index is 0.00000589. The number of benzene rings is 10. The molecule has 0 saturated carbocycles. The van der Waals surface area contributed by atoms with Crippen LogP contribution in [0.2, 0.25) is 0 Å². The molecule has 11 heteroatoms. The number of nitrogens with zero attached hydrogens (tertiary/aromatic N) is 8. The first-order valence-corrected chi connectivity index (χ1v) is 27.4. The zero-order valence-electron chi connectivity index (χ0n) is 45.1. The van der Waals surface area contributed by atoms with Crippen molar-refractivity contribution >= 4 is 103 Å². The van der Waals surface area contributed by atoms with Crippen molar-refractivity contribution in [1.29, 1.82) is 0 Å². The van der Waals surface area contributed by atoms with Gasteiger partial charge < -0.3 is 28.4 Å². The Morgan fingerprint density at radius 3 is 1.52 bits per heavy atom. The van der Waals surface area contributed by atoms with Gasteiger partial charge in [-0.2, -0.15) is 18.2 Å². The number of hydrogen-bond acceptors (Lipinski definition) is 5. The molecule has 15 rings (SSSR count). The molecule has 13 aromatic rings. The van der Waals surface area contributed by atoms with Crippen LogP contribution in [0.1, 0.15) is 22.3 Å². The van der Waals surface area contributed by atoms with Gasteiger partial charge in [0.1, 0.15) is 5.82 Å². The molecular formula is C70H52B2N8Pt-2. The molecule has 0 radical (unpaired) electrons. The molecule has 10 aromatic carbocycles. The summed E-state index contributed by atoms with van der Waals surface area (Å²) < 4.78 is 6.81. The summed E-state index contributed by atoms with van der Waals surface area (Å²) in [6, 6.07) is 92.9. The smallest absolute Gasteiger partial charge is 0.409 e. The number of fused-ring (bicyclic) bond motifs is 6. The predicted molar refractivity (Wildman–Crippen MR) is 330 cm³/mol. The first-order chi connectivity index (χ1) is 39.4. The van der Waals surface area contributed by atoms with Gasteiger partial charge in [0.15, 0.2) is 0 Å². The Morgan fingerprint density at radius 2 is 0.901 bits per heavy atom. The van der Waals surface area contributed by atoms with Crippen molar-refractivity contribution in [3.8, 4) is 17.1 Å². The van der Waals surface area contributed by atoms with Gasteiger partial charge in [0.25, 0.3) is 6.33 Å². The van der Waals surface area contributed by atoms with Gasteiger partial charge in [-0.1, -0.05) is 202 Å². The average molecular weight is 1220 g/mol. The van der Waals surface area contributed by atoms with Crippen molar-refractivity contribution in [1.82, 2.24) is 14.1 Å². The topological polar surface area (TPSA) is 39.6 Å². The van der Waals surface area contributed by atoms with Gasteiger partial charge >= 0.3 is 14.0 Å². The van der Waals surface area contributed by atoms with E-state index in [9.17, 15) is 0 Å². The van der Waals surface area contributed by atoms with Crippen LogP contribution in [-0.4, -0.2) is 28.1 Å². The van der Waals surface area contributed by atoms with Gasteiger partial charge in [-0.3, -0.25) is 4.57 Å². The Bertz CT molecular complexity index is 4490. The Kier molecular flexibility index (Phi) is 12.4. The van der Waals surface area contributed by atoms with E-state index in [4.69, 9.17) is 4.98 Å². The second kappa shape index (κ2) is 20.1. The molecule has 0 bridgehead atoms. The van der Waals surface area contributed by atoms with Crippen molar-refractivity contribution in [2.45, 2.75) is 27.7 Å². The molecule has 390 valence electrons. The van der Waals surface area contributed by atoms with Crippen LogP contribution in [0.5, 0.6) is 0 Å². The quantitative estimate of drug-likeness (QED) is 0.0818. The number of anilines is 8. The van der Waals surface area contributed by atoms with Crippen molar-refractivity contribution in [2.75, 3.05) is 19.2 Å². The number of pyridine rings is 1. The molecule has 0 spiro atoms. The molecule has 0 unspecified atom stereocenters. The van der Waals surface area contributed by atoms with Crippen LogP contribution in [0, 0.1) is 46.2 Å². The van der Waals surface area contributed by atoms with Crippen molar-refractivity contribution in [3.05, 3.63) is 283 Å². The summed E-state index contributed by atoms with van der Waals surface area (Å²) in [5, 5.41) is 2.38. The summed E-state index contributed by atoms with van der Waals surface area (Å²) in [5.41, 5.74) is 21.5. The molecule has 5 heterocycles. The first-order valence-electron chi connectivity index (χ1n) is 27.4. The van der Waals surface area contributed by atoms with Gasteiger partial charge in [-0.15, -0.1) is 18.2 Å². The fraction of sp³-hybridized carbons (Fsp3) is 0.0571. The van der Waals surface area contributed by atoms with E-state index in [2.05, 4.69) is 310 Å². The van der Waals surface area contributed by atoms with Gasteiger partial charge in [-0.25, -0.2) is 4.98 Å². The van der Waals surface area contributed by atoms with E-state index in [1.54, 1.807) is 0 Å². The number of rotatable bonds is 9. The van der Waals surface area contributed by atoms with E-state index in [1.165, 1.54) is 44.0 Å². The maximum atomic E-state index is 5.11. The minimum Gasteiger partial charge on any atom is -0.415 e. The van der Waals surface area contributed by atoms with Gasteiger partial charge in [0.2, 0.25) is 0 Å². The van der Waals surface area contributed by atoms with Crippen LogP contribution < -0.4 is 34.7 Å². The zero-order valence-corrected chi connectivity index (χ0v) is 47.4. The molecule has 8 nitrogen and oxygen atoms in total. The molecule has 0 atom stereocenters. The second-order valence-electron chi connectivity index (χ2n) is 21.0. The zero-order chi connectivity index (χ0) is 53.6. The van der Waals surface area contributed by atoms with E-state index >= 15 is 0 Å². The third-order valence-electron chi connectivity index (χ3n) is 16.3. The number of hydrogen-bond donors (Lipinski definition) is 0. The first kappa shape index (κ1) is 49.9. The number of aryl methyl sites for hydroxylation is 4. The van der Waals surface area contributed by atoms with Crippen LogP contribution >= 0.6 is 0 Å². The molecule has 0 amide bonds. The molecule has 0 N–H and O–H groups in total. The van der Waals surface area contributed by atoms with Gasteiger partial charge in [-0.05, 0) is 105 Å². The van der Waals surface area contributed by atoms with Gasteiger partial charge in [0.05, 0.1) is 27.8 Å². The van der Waals surface area contributed by atoms with Crippen LogP contribution in [-0.2, 0) is 21.1 Å². The summed E-state index contributed by atoms with van der Waals surface area (Å²) in [6.45, 7) is 8.33. The van der Waals surface area contributed by atoms with Crippen LogP contribution in [0.4, 0.5) is 45.6 Å². The normalized spacial score (nSPS) is 12.9. The van der Waals surface area contributed by atoms with E-state index in [0.29, 0.717) is 0 Å². The second-order valence-corrected chi connectivity index (χ2v) is 21.0. The molecule has 2 aliphatic rings. The van der Waals surface area contributed by atoms with Crippen molar-refractivity contribution < 1.29 is 25.6 Å². The SMILES string of the molecule is Cc1cccc(C)c1B1N(c2[c-]c3c(cc2)N(c2ccccc2)B(c2c(C)cccc2C)N3c2ccccn2)c2[c-]c(-n3[c-][n+](-c4cccc5c6ccccc6n(-c6ccccc6)c45)c4ccccc43)ccc2N1c1ccccc1.[Pt]. The monoisotopic (exact) mass is 1220 g/mol. The molecule has 2 aliphatic heterocycles. The molecule has 3 aromatic heterocycles. The largest absolute Gasteiger partial charge is 0.415 e. The number of imidazole rings is 1. The predicted octanol–water partition coefficient (Wildman–Crippen LogP) is 14.4. The fourth-order valence-corrected chi connectivity index (χ4v) is 12.8. The van der Waals surface area contributed by atoms with Crippen LogP contribution in [0.3, 0.4) is 0 Å². The molecule has 0 fully saturated rings. The summed E-state index contributed by atoms with van der Waals surface area (Å²) in [4.78, 5) is 14.9. The molecule has 0 aliphatic carbocycles. The van der Waals surface area contributed by atoms with Crippen LogP contribution in [0.15, 0.2) is 243 Å². The van der Waals surface area contributed by atoms with Crippen molar-refractivity contribution in [3.63, 3.8) is 0 Å². The molecule has 0 saturated heterocycles.